The second kappa shape index (κ2) is 4.17. The highest BCUT2D eigenvalue weighted by molar-refractivity contribution is 9.09. The Morgan fingerprint density at radius 2 is 2.40 bits per heavy atom. The molecule has 1 aliphatic carbocycles. The fraction of sp³-hybridized carbons (Fsp3) is 0.778. The third-order valence-corrected chi connectivity index (χ3v) is 3.38. The van der Waals surface area contributed by atoms with Gasteiger partial charge in [0.1, 0.15) is 0 Å². The molecular weight excluding hydrogens is 188 g/mol. The molecule has 0 aromatic rings. The third-order valence-electron chi connectivity index (χ3n) is 2.36. The highest BCUT2D eigenvalue weighted by Gasteiger charge is 2.15. The summed E-state index contributed by atoms with van der Waals surface area (Å²) in [6.45, 7) is 2.33. The summed E-state index contributed by atoms with van der Waals surface area (Å²) in [4.78, 5) is 0. The molecule has 2 unspecified atom stereocenters. The molecule has 1 rings (SSSR count). The molecule has 0 aromatic heterocycles. The first-order valence-electron chi connectivity index (χ1n) is 4.05. The maximum absolute atomic E-state index is 3.53. The minimum Gasteiger partial charge on any atom is -0.0925 e. The molecule has 1 heteroatoms. The standard InChI is InChI=1S/C9H15Br/c1-8(7-10)9-5-3-2-4-6-9/h2-3,8-9H,4-7H2,1H3. The van der Waals surface area contributed by atoms with Crippen molar-refractivity contribution >= 4 is 15.9 Å². The van der Waals surface area contributed by atoms with Crippen LogP contribution in [-0.4, -0.2) is 5.33 Å². The number of hydrogen-bond donors (Lipinski definition) is 0. The fourth-order valence-corrected chi connectivity index (χ4v) is 1.99. The van der Waals surface area contributed by atoms with Crippen LogP contribution in [0.15, 0.2) is 12.2 Å². The van der Waals surface area contributed by atoms with Crippen molar-refractivity contribution in [2.45, 2.75) is 26.2 Å². The van der Waals surface area contributed by atoms with Gasteiger partial charge in [0.2, 0.25) is 0 Å². The molecule has 10 heavy (non-hydrogen) atoms. The lowest BCUT2D eigenvalue weighted by Crippen LogP contribution is -2.13. The van der Waals surface area contributed by atoms with Gasteiger partial charge in [-0.3, -0.25) is 0 Å². The summed E-state index contributed by atoms with van der Waals surface area (Å²) in [5.41, 5.74) is 0. The molecule has 0 heterocycles. The molecule has 0 aromatic carbocycles. The van der Waals surface area contributed by atoms with Crippen LogP contribution < -0.4 is 0 Å². The second-order valence-electron chi connectivity index (χ2n) is 3.18. The van der Waals surface area contributed by atoms with Crippen molar-refractivity contribution in [3.63, 3.8) is 0 Å². The summed E-state index contributed by atoms with van der Waals surface area (Å²) in [5.74, 6) is 1.79. The molecule has 0 N–H and O–H groups in total. The molecule has 2 atom stereocenters. The van der Waals surface area contributed by atoms with Gasteiger partial charge in [-0.15, -0.1) is 0 Å². The number of halogens is 1. The van der Waals surface area contributed by atoms with E-state index >= 15 is 0 Å². The highest BCUT2D eigenvalue weighted by atomic mass is 79.9. The summed E-state index contributed by atoms with van der Waals surface area (Å²) in [6, 6.07) is 0. The van der Waals surface area contributed by atoms with Crippen LogP contribution in [0, 0.1) is 11.8 Å². The first-order chi connectivity index (χ1) is 4.84. The van der Waals surface area contributed by atoms with Gasteiger partial charge in [0.25, 0.3) is 0 Å². The van der Waals surface area contributed by atoms with Crippen LogP contribution >= 0.6 is 15.9 Å². The van der Waals surface area contributed by atoms with Gasteiger partial charge in [0.05, 0.1) is 0 Å². The molecule has 0 radical (unpaired) electrons. The molecule has 0 spiro atoms. The molecule has 58 valence electrons. The number of rotatable bonds is 2. The topological polar surface area (TPSA) is 0 Å². The summed E-state index contributed by atoms with van der Waals surface area (Å²) in [7, 11) is 0. The Kier molecular flexibility index (Phi) is 3.47. The molecule has 0 fully saturated rings. The zero-order valence-corrected chi connectivity index (χ0v) is 8.10. The molecule has 0 aliphatic heterocycles. The van der Waals surface area contributed by atoms with Gasteiger partial charge >= 0.3 is 0 Å². The second-order valence-corrected chi connectivity index (χ2v) is 3.82. The average Bonchev–Trinajstić information content (AvgIpc) is 2.05. The van der Waals surface area contributed by atoms with Crippen molar-refractivity contribution in [1.82, 2.24) is 0 Å². The van der Waals surface area contributed by atoms with Crippen molar-refractivity contribution in [1.29, 1.82) is 0 Å². The minimum atomic E-state index is 0.852. The van der Waals surface area contributed by atoms with E-state index in [1.807, 2.05) is 0 Å². The quantitative estimate of drug-likeness (QED) is 0.476. The maximum Gasteiger partial charge on any atom is 0.00597 e. The Labute approximate surface area is 71.8 Å². The molecular formula is C9H15Br. The van der Waals surface area contributed by atoms with Gasteiger partial charge in [-0.2, -0.15) is 0 Å². The summed E-state index contributed by atoms with van der Waals surface area (Å²) in [5, 5.41) is 1.16. The van der Waals surface area contributed by atoms with E-state index in [-0.39, 0.29) is 0 Å². The minimum absolute atomic E-state index is 0.852. The van der Waals surface area contributed by atoms with E-state index in [9.17, 15) is 0 Å². The van der Waals surface area contributed by atoms with Crippen LogP contribution in [0.5, 0.6) is 0 Å². The van der Waals surface area contributed by atoms with E-state index < -0.39 is 0 Å². The summed E-state index contributed by atoms with van der Waals surface area (Å²) < 4.78 is 0. The van der Waals surface area contributed by atoms with Crippen LogP contribution in [0.3, 0.4) is 0 Å². The van der Waals surface area contributed by atoms with E-state index in [2.05, 4.69) is 35.0 Å². The number of allylic oxidation sites excluding steroid dienone is 2. The predicted molar refractivity (Wildman–Crippen MR) is 49.4 cm³/mol. The van der Waals surface area contributed by atoms with Gasteiger partial charge in [0.15, 0.2) is 0 Å². The van der Waals surface area contributed by atoms with E-state index in [1.165, 1.54) is 19.3 Å². The van der Waals surface area contributed by atoms with Crippen molar-refractivity contribution in [2.24, 2.45) is 11.8 Å². The smallest absolute Gasteiger partial charge is 0.00597 e. The Bertz CT molecular complexity index is 118. The van der Waals surface area contributed by atoms with E-state index in [0.29, 0.717) is 0 Å². The zero-order chi connectivity index (χ0) is 7.40. The Morgan fingerprint density at radius 3 is 2.90 bits per heavy atom. The third kappa shape index (κ3) is 2.12. The fourth-order valence-electron chi connectivity index (χ4n) is 1.46. The van der Waals surface area contributed by atoms with Gasteiger partial charge in [-0.1, -0.05) is 35.0 Å². The van der Waals surface area contributed by atoms with Crippen molar-refractivity contribution < 1.29 is 0 Å². The maximum atomic E-state index is 3.53. The molecule has 0 saturated carbocycles. The van der Waals surface area contributed by atoms with Gasteiger partial charge in [-0.05, 0) is 31.1 Å². The number of hydrogen-bond acceptors (Lipinski definition) is 0. The Balaban J connectivity index is 2.33. The zero-order valence-electron chi connectivity index (χ0n) is 6.52. The lowest BCUT2D eigenvalue weighted by molar-refractivity contribution is 0.362. The van der Waals surface area contributed by atoms with E-state index in [0.717, 1.165) is 17.2 Å². The molecule has 0 bridgehead atoms. The van der Waals surface area contributed by atoms with Crippen molar-refractivity contribution in [2.75, 3.05) is 5.33 Å². The van der Waals surface area contributed by atoms with Crippen molar-refractivity contribution in [3.8, 4) is 0 Å². The van der Waals surface area contributed by atoms with E-state index in [4.69, 9.17) is 0 Å². The molecule has 0 saturated heterocycles. The van der Waals surface area contributed by atoms with Gasteiger partial charge in [0, 0.05) is 5.33 Å². The van der Waals surface area contributed by atoms with Crippen LogP contribution in [-0.2, 0) is 0 Å². The van der Waals surface area contributed by atoms with Crippen LogP contribution in [0.25, 0.3) is 0 Å². The number of alkyl halides is 1. The van der Waals surface area contributed by atoms with Crippen molar-refractivity contribution in [3.05, 3.63) is 12.2 Å². The lowest BCUT2D eigenvalue weighted by atomic mass is 9.85. The summed E-state index contributed by atoms with van der Waals surface area (Å²) in [6.07, 6.45) is 8.61. The van der Waals surface area contributed by atoms with Gasteiger partial charge in [-0.25, -0.2) is 0 Å². The Hall–Kier alpha value is 0.220. The van der Waals surface area contributed by atoms with Crippen LogP contribution in [0.2, 0.25) is 0 Å². The SMILES string of the molecule is CC(CBr)C1CC=CCC1. The highest BCUT2D eigenvalue weighted by Crippen LogP contribution is 2.26. The summed E-state index contributed by atoms with van der Waals surface area (Å²) >= 11 is 3.53. The molecule has 0 nitrogen and oxygen atoms in total. The first-order valence-corrected chi connectivity index (χ1v) is 5.17. The average molecular weight is 203 g/mol. The molecule has 1 aliphatic rings. The van der Waals surface area contributed by atoms with Gasteiger partial charge < -0.3 is 0 Å². The largest absolute Gasteiger partial charge is 0.0925 e. The Morgan fingerprint density at radius 1 is 1.60 bits per heavy atom. The normalized spacial score (nSPS) is 28.4. The monoisotopic (exact) mass is 202 g/mol. The first kappa shape index (κ1) is 8.32. The molecule has 0 amide bonds. The predicted octanol–water partition coefficient (Wildman–Crippen LogP) is 3.37. The van der Waals surface area contributed by atoms with E-state index in [1.54, 1.807) is 0 Å². The lowest BCUT2D eigenvalue weighted by Gasteiger charge is -2.22. The van der Waals surface area contributed by atoms with Crippen LogP contribution in [0.1, 0.15) is 26.2 Å². The van der Waals surface area contributed by atoms with Crippen LogP contribution in [0.4, 0.5) is 0 Å².